The van der Waals surface area contributed by atoms with Crippen LogP contribution in [-0.2, 0) is 9.53 Å². The number of nitrogens with zero attached hydrogens (tertiary/aromatic N) is 1. The fourth-order valence-electron chi connectivity index (χ4n) is 8.64. The number of aliphatic hydroxyl groups is 4. The molecule has 0 aromatic carbocycles. The van der Waals surface area contributed by atoms with E-state index in [1.165, 1.54) is 0 Å². The van der Waals surface area contributed by atoms with E-state index in [1.807, 2.05) is 6.21 Å². The zero-order valence-corrected chi connectivity index (χ0v) is 19.5. The van der Waals surface area contributed by atoms with Crippen LogP contribution in [0.1, 0.15) is 64.7 Å². The number of nitrogens with one attached hydrogen (secondary N) is 1. The highest BCUT2D eigenvalue weighted by Gasteiger charge is 2.71. The molecule has 4 saturated carbocycles. The number of hydrazone groups is 1. The topological polar surface area (TPSA) is 132 Å². The third kappa shape index (κ3) is 3.24. The van der Waals surface area contributed by atoms with Gasteiger partial charge in [0.1, 0.15) is 6.61 Å². The number of rotatable bonds is 5. The van der Waals surface area contributed by atoms with Gasteiger partial charge in [0, 0.05) is 29.5 Å². The first-order chi connectivity index (χ1) is 15.7. The monoisotopic (exact) mass is 462 g/mol. The molecule has 0 amide bonds. The van der Waals surface area contributed by atoms with Crippen molar-refractivity contribution in [3.05, 3.63) is 11.6 Å². The van der Waals surface area contributed by atoms with E-state index >= 15 is 0 Å². The molecule has 4 aliphatic carbocycles. The molecule has 0 spiro atoms. The Morgan fingerprint density at radius 3 is 2.67 bits per heavy atom. The Morgan fingerprint density at radius 2 is 1.94 bits per heavy atom. The van der Waals surface area contributed by atoms with Crippen LogP contribution >= 0.6 is 0 Å². The van der Waals surface area contributed by atoms with E-state index in [9.17, 15) is 20.1 Å². The number of hydrogen-bond donors (Lipinski definition) is 5. The standard InChI is InChI=1S/C25H38N2O6/c1-22-6-3-19-20(25(22,32)9-5-18(22)16-12-21(30)33-14-16)4-8-24(31)13-17(29)2-7-23(19,24)15-27-26-10-11-28/h12,15,17-20,26,28-29,31-32H,2-11,13-14H2,1H3/b27-15+/t17-,18+,19-,20+,22+,23-,24-,25-/m0/s1. The summed E-state index contributed by atoms with van der Waals surface area (Å²) in [6.45, 7) is 2.82. The van der Waals surface area contributed by atoms with Crippen molar-refractivity contribution in [1.29, 1.82) is 0 Å². The van der Waals surface area contributed by atoms with Crippen molar-refractivity contribution in [2.24, 2.45) is 33.7 Å². The number of carbonyl (C=O) groups is 1. The normalized spacial score (nSPS) is 49.2. The molecule has 1 heterocycles. The highest BCUT2D eigenvalue weighted by atomic mass is 16.5. The minimum atomic E-state index is -1.06. The van der Waals surface area contributed by atoms with Crippen molar-refractivity contribution < 1.29 is 30.0 Å². The van der Waals surface area contributed by atoms with Crippen LogP contribution < -0.4 is 5.43 Å². The maximum Gasteiger partial charge on any atom is 0.331 e. The van der Waals surface area contributed by atoms with Crippen LogP contribution in [0, 0.1) is 28.6 Å². The van der Waals surface area contributed by atoms with Crippen molar-refractivity contribution in [2.75, 3.05) is 19.8 Å². The Bertz CT molecular complexity index is 862. The quantitative estimate of drug-likeness (QED) is 0.180. The lowest BCUT2D eigenvalue weighted by Crippen LogP contribution is -2.68. The average molecular weight is 463 g/mol. The number of carbonyl (C=O) groups excluding carboxylic acids is 1. The molecular weight excluding hydrogens is 424 g/mol. The summed E-state index contributed by atoms with van der Waals surface area (Å²) in [6, 6.07) is 0. The van der Waals surface area contributed by atoms with Crippen molar-refractivity contribution in [3.8, 4) is 0 Å². The van der Waals surface area contributed by atoms with Crippen LogP contribution in [0.5, 0.6) is 0 Å². The van der Waals surface area contributed by atoms with Crippen molar-refractivity contribution >= 4 is 12.2 Å². The molecule has 5 N–H and O–H groups in total. The molecule has 0 bridgehead atoms. The summed E-state index contributed by atoms with van der Waals surface area (Å²) in [5, 5.41) is 48.1. The SMILES string of the molecule is C[C@]12CC[C@H]3[C@@H](CC[C@]4(O)C[C@@H](O)CC[C@]34/C=N/NCCO)[C@@]1(O)CC[C@@H]2C1=CC(=O)OC1. The van der Waals surface area contributed by atoms with Crippen LogP contribution in [0.25, 0.3) is 0 Å². The van der Waals surface area contributed by atoms with E-state index in [4.69, 9.17) is 9.84 Å². The largest absolute Gasteiger partial charge is 0.458 e. The van der Waals surface area contributed by atoms with E-state index in [0.717, 1.165) is 24.8 Å². The molecule has 0 unspecified atom stereocenters. The summed E-state index contributed by atoms with van der Waals surface area (Å²) in [6.07, 6.45) is 8.88. The molecule has 0 radical (unpaired) electrons. The van der Waals surface area contributed by atoms with E-state index in [-0.39, 0.29) is 35.7 Å². The van der Waals surface area contributed by atoms with Crippen LogP contribution in [0.3, 0.4) is 0 Å². The first-order valence-electron chi connectivity index (χ1n) is 12.6. The molecule has 184 valence electrons. The van der Waals surface area contributed by atoms with Gasteiger partial charge in [0.2, 0.25) is 0 Å². The molecule has 0 aromatic heterocycles. The predicted octanol–water partition coefficient (Wildman–Crippen LogP) is 1.27. The lowest BCUT2D eigenvalue weighted by Gasteiger charge is -2.65. The Hall–Kier alpha value is -1.48. The zero-order valence-electron chi connectivity index (χ0n) is 19.5. The summed E-state index contributed by atoms with van der Waals surface area (Å²) in [5.74, 6) is -0.0955. The number of fused-ring (bicyclic) bond motifs is 5. The summed E-state index contributed by atoms with van der Waals surface area (Å²) >= 11 is 0. The van der Waals surface area contributed by atoms with Gasteiger partial charge in [-0.1, -0.05) is 6.92 Å². The Labute approximate surface area is 195 Å². The predicted molar refractivity (Wildman–Crippen MR) is 121 cm³/mol. The Kier molecular flexibility index (Phi) is 5.67. The molecule has 8 atom stereocenters. The number of hydrogen-bond acceptors (Lipinski definition) is 8. The maximum atomic E-state index is 12.3. The second-order valence-corrected chi connectivity index (χ2v) is 11.4. The summed E-state index contributed by atoms with van der Waals surface area (Å²) in [5.41, 5.74) is 0.968. The van der Waals surface area contributed by atoms with E-state index in [1.54, 1.807) is 6.08 Å². The molecule has 5 rings (SSSR count). The van der Waals surface area contributed by atoms with Gasteiger partial charge in [-0.05, 0) is 74.7 Å². The Balaban J connectivity index is 1.50. The second-order valence-electron chi connectivity index (χ2n) is 11.4. The molecule has 8 heteroatoms. The van der Waals surface area contributed by atoms with Gasteiger partial charge >= 0.3 is 5.97 Å². The van der Waals surface area contributed by atoms with Gasteiger partial charge in [-0.15, -0.1) is 0 Å². The van der Waals surface area contributed by atoms with Crippen molar-refractivity contribution in [1.82, 2.24) is 5.43 Å². The first kappa shape index (κ1) is 23.3. The number of ether oxygens (including phenoxy) is 1. The van der Waals surface area contributed by atoms with E-state index in [2.05, 4.69) is 17.5 Å². The molecule has 0 aromatic rings. The minimum Gasteiger partial charge on any atom is -0.458 e. The molecule has 5 aliphatic rings. The fourth-order valence-corrected chi connectivity index (χ4v) is 8.64. The van der Waals surface area contributed by atoms with Gasteiger partial charge in [-0.25, -0.2) is 4.79 Å². The summed E-state index contributed by atoms with van der Waals surface area (Å²) < 4.78 is 5.20. The third-order valence-electron chi connectivity index (χ3n) is 10.2. The highest BCUT2D eigenvalue weighted by Crippen LogP contribution is 2.70. The smallest absolute Gasteiger partial charge is 0.331 e. The Morgan fingerprint density at radius 1 is 1.15 bits per heavy atom. The maximum absolute atomic E-state index is 12.3. The van der Waals surface area contributed by atoms with Gasteiger partial charge in [0.15, 0.2) is 0 Å². The molecule has 4 fully saturated rings. The van der Waals surface area contributed by atoms with Crippen LogP contribution in [0.4, 0.5) is 0 Å². The molecule has 33 heavy (non-hydrogen) atoms. The number of esters is 1. The number of cyclic esters (lactones) is 1. The van der Waals surface area contributed by atoms with Gasteiger partial charge in [0.25, 0.3) is 0 Å². The lowest BCUT2D eigenvalue weighted by atomic mass is 9.41. The first-order valence-corrected chi connectivity index (χ1v) is 12.6. The van der Waals surface area contributed by atoms with Crippen molar-refractivity contribution in [3.63, 3.8) is 0 Å². The third-order valence-corrected chi connectivity index (χ3v) is 10.2. The van der Waals surface area contributed by atoms with Gasteiger partial charge in [-0.2, -0.15) is 5.10 Å². The molecular formula is C25H38N2O6. The molecule has 0 saturated heterocycles. The highest BCUT2D eigenvalue weighted by molar-refractivity contribution is 5.85. The van der Waals surface area contributed by atoms with Gasteiger partial charge in [0.05, 0.1) is 30.5 Å². The average Bonchev–Trinajstić information content (AvgIpc) is 3.31. The summed E-state index contributed by atoms with van der Waals surface area (Å²) in [4.78, 5) is 11.7. The number of aliphatic hydroxyl groups excluding tert-OH is 2. The molecule has 1 aliphatic heterocycles. The van der Waals surface area contributed by atoms with E-state index < -0.39 is 22.7 Å². The van der Waals surface area contributed by atoms with Crippen LogP contribution in [-0.4, -0.2) is 69.7 Å². The van der Waals surface area contributed by atoms with Gasteiger partial charge < -0.3 is 30.6 Å². The lowest BCUT2D eigenvalue weighted by molar-refractivity contribution is -0.237. The molecule has 8 nitrogen and oxygen atoms in total. The van der Waals surface area contributed by atoms with E-state index in [0.29, 0.717) is 51.7 Å². The van der Waals surface area contributed by atoms with Crippen LogP contribution in [0.2, 0.25) is 0 Å². The summed E-state index contributed by atoms with van der Waals surface area (Å²) in [7, 11) is 0. The second kappa shape index (κ2) is 8.04. The van der Waals surface area contributed by atoms with Crippen molar-refractivity contribution in [2.45, 2.75) is 82.0 Å². The fraction of sp³-hybridized carbons (Fsp3) is 0.840. The van der Waals surface area contributed by atoms with Gasteiger partial charge in [-0.3, -0.25) is 0 Å². The minimum absolute atomic E-state index is 0.0136. The van der Waals surface area contributed by atoms with Crippen LogP contribution in [0.15, 0.2) is 16.8 Å². The zero-order chi connectivity index (χ0) is 23.5.